The highest BCUT2D eigenvalue weighted by Crippen LogP contribution is 2.26. The average molecular weight is 424 g/mol. The third-order valence-corrected chi connectivity index (χ3v) is 5.62. The summed E-state index contributed by atoms with van der Waals surface area (Å²) in [7, 11) is 0. The van der Waals surface area contributed by atoms with Crippen LogP contribution in [0.3, 0.4) is 0 Å². The molecule has 1 aliphatic heterocycles. The second-order valence-corrected chi connectivity index (χ2v) is 7.91. The van der Waals surface area contributed by atoms with Gasteiger partial charge < -0.3 is 10.2 Å². The molecule has 3 aromatic carbocycles. The maximum atomic E-state index is 13.3. The number of benzene rings is 3. The van der Waals surface area contributed by atoms with Crippen LogP contribution in [0.1, 0.15) is 21.6 Å². The molecule has 0 fully saturated rings. The number of fused-ring (bicyclic) bond motifs is 1. The summed E-state index contributed by atoms with van der Waals surface area (Å²) in [6.45, 7) is 0. The van der Waals surface area contributed by atoms with Crippen LogP contribution in [0.4, 0.5) is 5.82 Å². The Morgan fingerprint density at radius 2 is 1.50 bits per heavy atom. The molecule has 3 N–H and O–H groups in total. The third kappa shape index (κ3) is 3.90. The van der Waals surface area contributed by atoms with Gasteiger partial charge in [-0.05, 0) is 47.5 Å². The van der Waals surface area contributed by atoms with E-state index in [2.05, 4.69) is 5.32 Å². The van der Waals surface area contributed by atoms with Gasteiger partial charge >= 0.3 is 11.7 Å². The summed E-state index contributed by atoms with van der Waals surface area (Å²) in [6, 6.07) is 23.3. The van der Waals surface area contributed by atoms with E-state index >= 15 is 0 Å². The van der Waals surface area contributed by atoms with E-state index in [0.29, 0.717) is 24.4 Å². The Bertz CT molecular complexity index is 1270. The molecule has 158 valence electrons. The van der Waals surface area contributed by atoms with Gasteiger partial charge in [0.1, 0.15) is 29.1 Å². The second kappa shape index (κ2) is 8.15. The number of nitrogens with one attached hydrogen (secondary N) is 1. The van der Waals surface area contributed by atoms with Crippen molar-refractivity contribution in [1.29, 1.82) is 0 Å². The van der Waals surface area contributed by atoms with E-state index in [4.69, 9.17) is 4.98 Å². The lowest BCUT2D eigenvalue weighted by Gasteiger charge is -2.07. The minimum Gasteiger partial charge on any atom is -0.508 e. The van der Waals surface area contributed by atoms with Gasteiger partial charge in [0, 0.05) is 18.4 Å². The molecular formula is C26H22N3O3+. The summed E-state index contributed by atoms with van der Waals surface area (Å²) < 4.78 is 1.65. The van der Waals surface area contributed by atoms with Crippen LogP contribution in [0.15, 0.2) is 85.1 Å². The van der Waals surface area contributed by atoms with Crippen molar-refractivity contribution in [2.75, 3.05) is 5.32 Å². The molecule has 0 saturated heterocycles. The van der Waals surface area contributed by atoms with Gasteiger partial charge in [0.2, 0.25) is 0 Å². The Kier molecular flexibility index (Phi) is 5.03. The topological polar surface area (TPSA) is 86.3 Å². The molecule has 1 aliphatic rings. The first-order valence-corrected chi connectivity index (χ1v) is 10.4. The maximum Gasteiger partial charge on any atom is 0.359 e. The summed E-state index contributed by atoms with van der Waals surface area (Å²) in [5.74, 6) is 1.03. The molecule has 0 radical (unpaired) electrons. The average Bonchev–Trinajstić information content (AvgIpc) is 3.12. The third-order valence-electron chi connectivity index (χ3n) is 5.62. The number of phenolic OH excluding ortho intramolecular Hbond substituents is 2. The number of carbonyl (C=O) groups is 1. The van der Waals surface area contributed by atoms with Crippen LogP contribution >= 0.6 is 0 Å². The molecule has 0 spiro atoms. The Morgan fingerprint density at radius 3 is 2.19 bits per heavy atom. The molecule has 1 atom stereocenters. The fourth-order valence-corrected chi connectivity index (χ4v) is 3.96. The smallest absolute Gasteiger partial charge is 0.359 e. The zero-order chi connectivity index (χ0) is 22.1. The summed E-state index contributed by atoms with van der Waals surface area (Å²) in [6.07, 6.45) is 2.83. The summed E-state index contributed by atoms with van der Waals surface area (Å²) >= 11 is 0. The van der Waals surface area contributed by atoms with Crippen LogP contribution < -0.4 is 9.88 Å². The molecule has 6 nitrogen and oxygen atoms in total. The molecule has 6 heteroatoms. The first-order valence-electron chi connectivity index (χ1n) is 10.4. The first kappa shape index (κ1) is 19.8. The van der Waals surface area contributed by atoms with E-state index in [9.17, 15) is 15.0 Å². The minimum absolute atomic E-state index is 0.0294. The number of aromatic nitrogens is 2. The predicted molar refractivity (Wildman–Crippen MR) is 121 cm³/mol. The number of nitrogens with zero attached hydrogens (tertiary/aromatic N) is 2. The molecule has 4 aromatic rings. The molecule has 0 bridgehead atoms. The van der Waals surface area contributed by atoms with Gasteiger partial charge in [-0.3, -0.25) is 5.32 Å². The highest BCUT2D eigenvalue weighted by molar-refractivity contribution is 5.82. The number of rotatable bonds is 5. The molecule has 0 amide bonds. The first-order chi connectivity index (χ1) is 15.6. The Hall–Kier alpha value is -4.19. The summed E-state index contributed by atoms with van der Waals surface area (Å²) in [4.78, 5) is 18.1. The lowest BCUT2D eigenvalue weighted by Crippen LogP contribution is -2.44. The summed E-state index contributed by atoms with van der Waals surface area (Å²) in [5, 5.41) is 22.6. The van der Waals surface area contributed by atoms with Crippen molar-refractivity contribution in [3.63, 3.8) is 0 Å². The normalized spacial score (nSPS) is 14.8. The number of aromatic hydroxyl groups is 2. The van der Waals surface area contributed by atoms with Gasteiger partial charge in [0.25, 0.3) is 0 Å². The molecule has 0 saturated carbocycles. The van der Waals surface area contributed by atoms with Crippen molar-refractivity contribution in [1.82, 2.24) is 4.98 Å². The molecule has 0 aliphatic carbocycles. The number of carbonyl (C=O) groups excluding carboxylic acids is 1. The van der Waals surface area contributed by atoms with Crippen LogP contribution in [-0.4, -0.2) is 27.1 Å². The summed E-state index contributed by atoms with van der Waals surface area (Å²) in [5.41, 5.74) is 4.26. The molecule has 1 unspecified atom stereocenters. The molecule has 32 heavy (non-hydrogen) atoms. The van der Waals surface area contributed by atoms with Gasteiger partial charge in [0.05, 0.1) is 0 Å². The van der Waals surface area contributed by atoms with E-state index in [0.717, 1.165) is 22.4 Å². The maximum absolute atomic E-state index is 13.3. The van der Waals surface area contributed by atoms with Crippen molar-refractivity contribution < 1.29 is 19.6 Å². The van der Waals surface area contributed by atoms with Crippen LogP contribution in [0.2, 0.25) is 0 Å². The lowest BCUT2D eigenvalue weighted by molar-refractivity contribution is -0.552. The zero-order valence-electron chi connectivity index (χ0n) is 17.3. The molecule has 2 heterocycles. The molecule has 1 aromatic heterocycles. The highest BCUT2D eigenvalue weighted by atomic mass is 16.3. The number of phenols is 2. The fourth-order valence-electron chi connectivity index (χ4n) is 3.96. The molecular weight excluding hydrogens is 402 g/mol. The second-order valence-electron chi connectivity index (χ2n) is 7.91. The quantitative estimate of drug-likeness (QED) is 0.425. The van der Waals surface area contributed by atoms with Crippen LogP contribution in [-0.2, 0) is 12.8 Å². The van der Waals surface area contributed by atoms with Crippen LogP contribution in [0, 0.1) is 0 Å². The van der Waals surface area contributed by atoms with E-state index in [-0.39, 0.29) is 23.4 Å². The van der Waals surface area contributed by atoms with Crippen molar-refractivity contribution in [2.24, 2.45) is 0 Å². The van der Waals surface area contributed by atoms with E-state index in [1.807, 2.05) is 42.5 Å². The number of anilines is 1. The zero-order valence-corrected chi connectivity index (χ0v) is 17.3. The number of hydrogen-bond donors (Lipinski definition) is 3. The van der Waals surface area contributed by atoms with Crippen molar-refractivity contribution in [3.8, 4) is 22.8 Å². The Morgan fingerprint density at radius 1 is 0.844 bits per heavy atom. The lowest BCUT2D eigenvalue weighted by atomic mass is 10.1. The van der Waals surface area contributed by atoms with Crippen LogP contribution in [0.25, 0.3) is 11.3 Å². The fraction of sp³-hybridized carbons (Fsp3) is 0.115. The van der Waals surface area contributed by atoms with Gasteiger partial charge in [0.15, 0.2) is 6.04 Å². The minimum atomic E-state index is -0.382. The largest absolute Gasteiger partial charge is 0.508 e. The van der Waals surface area contributed by atoms with E-state index in [1.54, 1.807) is 47.2 Å². The number of hydrogen-bond acceptors (Lipinski definition) is 5. The Labute approximate surface area is 185 Å². The predicted octanol–water partition coefficient (Wildman–Crippen LogP) is 3.72. The van der Waals surface area contributed by atoms with Gasteiger partial charge in [-0.25, -0.2) is 9.78 Å². The monoisotopic (exact) mass is 424 g/mol. The SMILES string of the molecule is O=C1C(Cc2ccccc2)Nc2c(Cc3ccc(O)cc3)nc(-c3ccc(O)cc3)c[n+]21. The van der Waals surface area contributed by atoms with E-state index in [1.165, 1.54) is 0 Å². The Balaban J connectivity index is 1.55. The highest BCUT2D eigenvalue weighted by Gasteiger charge is 2.41. The van der Waals surface area contributed by atoms with Crippen LogP contribution in [0.5, 0.6) is 11.5 Å². The van der Waals surface area contributed by atoms with Gasteiger partial charge in [-0.15, -0.1) is 0 Å². The van der Waals surface area contributed by atoms with Gasteiger partial charge in [-0.1, -0.05) is 42.5 Å². The standard InChI is InChI=1S/C26H21N3O3/c30-20-10-6-18(7-11-20)14-22-25-28-23(15-17-4-2-1-3-5-17)26(32)29(25)16-24(27-22)19-8-12-21(31)13-9-19/h1-13,16,23,30-31H,14-15H2/p+1. The van der Waals surface area contributed by atoms with Crippen molar-refractivity contribution in [3.05, 3.63) is 102 Å². The van der Waals surface area contributed by atoms with E-state index < -0.39 is 0 Å². The molecule has 5 rings (SSSR count). The van der Waals surface area contributed by atoms with Crippen molar-refractivity contribution in [2.45, 2.75) is 18.9 Å². The van der Waals surface area contributed by atoms with Gasteiger partial charge in [-0.2, -0.15) is 4.57 Å². The van der Waals surface area contributed by atoms with Crippen molar-refractivity contribution >= 4 is 11.7 Å².